The molecule has 122 valence electrons. The highest BCUT2D eigenvalue weighted by Crippen LogP contribution is 2.24. The number of anilines is 1. The summed E-state index contributed by atoms with van der Waals surface area (Å²) in [7, 11) is 1.42. The summed E-state index contributed by atoms with van der Waals surface area (Å²) in [5.74, 6) is -0.586. The summed E-state index contributed by atoms with van der Waals surface area (Å²) in [4.78, 5) is 12.0. The Hall–Kier alpha value is -2.60. The van der Waals surface area contributed by atoms with Gasteiger partial charge in [0.15, 0.2) is 0 Å². The number of halogens is 1. The van der Waals surface area contributed by atoms with Crippen molar-refractivity contribution < 1.29 is 19.0 Å². The zero-order valence-corrected chi connectivity index (χ0v) is 13.0. The first-order valence-electron chi connectivity index (χ1n) is 7.08. The van der Waals surface area contributed by atoms with E-state index in [-0.39, 0.29) is 6.42 Å². The first kappa shape index (κ1) is 16.8. The molecule has 23 heavy (non-hydrogen) atoms. The molecule has 0 aliphatic carbocycles. The van der Waals surface area contributed by atoms with Crippen LogP contribution in [0.1, 0.15) is 18.9 Å². The van der Waals surface area contributed by atoms with E-state index in [0.29, 0.717) is 17.0 Å². The molecule has 0 heterocycles. The van der Waals surface area contributed by atoms with E-state index >= 15 is 0 Å². The molecule has 3 N–H and O–H groups in total. The molecular formula is C17H19FN2O3. The molecule has 2 rings (SSSR count). The third-order valence-corrected chi connectivity index (χ3v) is 3.35. The number of rotatable bonds is 6. The van der Waals surface area contributed by atoms with Crippen molar-refractivity contribution in [3.63, 3.8) is 0 Å². The van der Waals surface area contributed by atoms with Crippen LogP contribution in [0.4, 0.5) is 10.1 Å². The molecule has 0 bridgehead atoms. The molecule has 0 saturated carbocycles. The number of hydrazine groups is 1. The Morgan fingerprint density at radius 3 is 2.61 bits per heavy atom. The Morgan fingerprint density at radius 2 is 1.96 bits per heavy atom. The molecule has 0 fully saturated rings. The molecular weight excluding hydrogens is 299 g/mol. The van der Waals surface area contributed by atoms with Crippen LogP contribution < -0.4 is 15.6 Å². The second kappa shape index (κ2) is 7.11. The van der Waals surface area contributed by atoms with Crippen molar-refractivity contribution in [3.8, 4) is 5.75 Å². The average molecular weight is 318 g/mol. The number of ether oxygens (including phenoxy) is 1. The quantitative estimate of drug-likeness (QED) is 0.716. The number of aliphatic hydroxyl groups is 1. The van der Waals surface area contributed by atoms with E-state index in [1.54, 1.807) is 37.3 Å². The van der Waals surface area contributed by atoms with Gasteiger partial charge in [-0.15, -0.1) is 0 Å². The summed E-state index contributed by atoms with van der Waals surface area (Å²) >= 11 is 0. The van der Waals surface area contributed by atoms with E-state index in [1.807, 2.05) is 6.07 Å². The van der Waals surface area contributed by atoms with Gasteiger partial charge in [0.2, 0.25) is 5.91 Å². The maximum Gasteiger partial charge on any atom is 0.241 e. The van der Waals surface area contributed by atoms with Crippen molar-refractivity contribution in [2.75, 3.05) is 12.5 Å². The number of amides is 1. The summed E-state index contributed by atoms with van der Waals surface area (Å²) in [6.45, 7) is 1.56. The van der Waals surface area contributed by atoms with E-state index in [4.69, 9.17) is 4.74 Å². The van der Waals surface area contributed by atoms with Gasteiger partial charge in [-0.1, -0.05) is 30.3 Å². The topological polar surface area (TPSA) is 70.6 Å². The van der Waals surface area contributed by atoms with E-state index in [9.17, 15) is 14.3 Å². The van der Waals surface area contributed by atoms with E-state index in [2.05, 4.69) is 10.9 Å². The average Bonchev–Trinajstić information content (AvgIpc) is 2.53. The van der Waals surface area contributed by atoms with Crippen LogP contribution in [0, 0.1) is 5.82 Å². The Labute approximate surface area is 134 Å². The van der Waals surface area contributed by atoms with Crippen LogP contribution in [0.3, 0.4) is 0 Å². The molecule has 0 aromatic heterocycles. The molecule has 1 unspecified atom stereocenters. The van der Waals surface area contributed by atoms with Crippen molar-refractivity contribution in [1.29, 1.82) is 0 Å². The lowest BCUT2D eigenvalue weighted by molar-refractivity contribution is -0.125. The second-order valence-electron chi connectivity index (χ2n) is 5.37. The van der Waals surface area contributed by atoms with Gasteiger partial charge in [0.05, 0.1) is 24.8 Å². The SMILES string of the molecule is COc1cc(F)cc(NNC(=O)CC(C)(O)c2ccccc2)c1. The minimum Gasteiger partial charge on any atom is -0.497 e. The minimum absolute atomic E-state index is 0.142. The Balaban J connectivity index is 1.96. The summed E-state index contributed by atoms with van der Waals surface area (Å²) in [6, 6.07) is 12.9. The molecule has 0 spiro atoms. The predicted octanol–water partition coefficient (Wildman–Crippen LogP) is 2.58. The molecule has 1 amide bonds. The van der Waals surface area contributed by atoms with Crippen molar-refractivity contribution in [1.82, 2.24) is 5.43 Å². The van der Waals surface area contributed by atoms with Crippen LogP contribution in [0.15, 0.2) is 48.5 Å². The van der Waals surface area contributed by atoms with Crippen molar-refractivity contribution in [3.05, 3.63) is 59.9 Å². The number of carbonyl (C=O) groups excluding carboxylic acids is 1. The molecule has 5 nitrogen and oxygen atoms in total. The third kappa shape index (κ3) is 4.69. The largest absolute Gasteiger partial charge is 0.497 e. The molecule has 0 radical (unpaired) electrons. The summed E-state index contributed by atoms with van der Waals surface area (Å²) in [5, 5.41) is 10.4. The van der Waals surface area contributed by atoms with Gasteiger partial charge in [-0.3, -0.25) is 15.6 Å². The Morgan fingerprint density at radius 1 is 1.26 bits per heavy atom. The second-order valence-corrected chi connectivity index (χ2v) is 5.37. The fourth-order valence-corrected chi connectivity index (χ4v) is 2.15. The van der Waals surface area contributed by atoms with Crippen LogP contribution >= 0.6 is 0 Å². The van der Waals surface area contributed by atoms with Crippen LogP contribution in [-0.4, -0.2) is 18.1 Å². The number of hydrogen-bond donors (Lipinski definition) is 3. The van der Waals surface area contributed by atoms with Crippen LogP contribution in [0.25, 0.3) is 0 Å². The predicted molar refractivity (Wildman–Crippen MR) is 85.3 cm³/mol. The van der Waals surface area contributed by atoms with Crippen molar-refractivity contribution in [2.24, 2.45) is 0 Å². The van der Waals surface area contributed by atoms with E-state index < -0.39 is 17.3 Å². The first-order valence-corrected chi connectivity index (χ1v) is 7.08. The normalized spacial score (nSPS) is 13.0. The van der Waals surface area contributed by atoms with Crippen LogP contribution in [0.5, 0.6) is 5.75 Å². The third-order valence-electron chi connectivity index (χ3n) is 3.35. The highest BCUT2D eigenvalue weighted by Gasteiger charge is 2.26. The summed E-state index contributed by atoms with van der Waals surface area (Å²) < 4.78 is 18.3. The van der Waals surface area contributed by atoms with E-state index in [0.717, 1.165) is 0 Å². The Bertz CT molecular complexity index is 675. The lowest BCUT2D eigenvalue weighted by Crippen LogP contribution is -2.35. The highest BCUT2D eigenvalue weighted by atomic mass is 19.1. The monoisotopic (exact) mass is 318 g/mol. The molecule has 0 aliphatic rings. The zero-order valence-electron chi connectivity index (χ0n) is 13.0. The summed E-state index contributed by atoms with van der Waals surface area (Å²) in [6.07, 6.45) is -0.142. The van der Waals surface area contributed by atoms with Crippen molar-refractivity contribution >= 4 is 11.6 Å². The van der Waals surface area contributed by atoms with Gasteiger partial charge in [0.25, 0.3) is 0 Å². The highest BCUT2D eigenvalue weighted by molar-refractivity contribution is 5.78. The van der Waals surface area contributed by atoms with Gasteiger partial charge in [0.1, 0.15) is 11.6 Å². The lowest BCUT2D eigenvalue weighted by Gasteiger charge is -2.23. The molecule has 0 saturated heterocycles. The molecule has 6 heteroatoms. The standard InChI is InChI=1S/C17H19FN2O3/c1-17(22,12-6-4-3-5-7-12)11-16(21)20-19-14-8-13(18)9-15(10-14)23-2/h3-10,19,22H,11H2,1-2H3,(H,20,21). The van der Waals surface area contributed by atoms with Gasteiger partial charge in [-0.25, -0.2) is 4.39 Å². The van der Waals surface area contributed by atoms with Gasteiger partial charge in [-0.2, -0.15) is 0 Å². The smallest absolute Gasteiger partial charge is 0.241 e. The number of nitrogens with one attached hydrogen (secondary N) is 2. The zero-order chi connectivity index (χ0) is 16.9. The maximum atomic E-state index is 13.4. The number of hydrogen-bond acceptors (Lipinski definition) is 4. The molecule has 0 aliphatic heterocycles. The number of carbonyl (C=O) groups is 1. The fourth-order valence-electron chi connectivity index (χ4n) is 2.15. The van der Waals surface area contributed by atoms with E-state index in [1.165, 1.54) is 19.2 Å². The summed E-state index contributed by atoms with van der Waals surface area (Å²) in [5.41, 5.74) is 4.72. The minimum atomic E-state index is -1.30. The molecule has 1 atom stereocenters. The fraction of sp³-hybridized carbons (Fsp3) is 0.235. The van der Waals surface area contributed by atoms with Crippen molar-refractivity contribution in [2.45, 2.75) is 18.9 Å². The first-order chi connectivity index (χ1) is 10.9. The maximum absolute atomic E-state index is 13.4. The molecule has 2 aromatic rings. The van der Waals surface area contributed by atoms with Crippen LogP contribution in [-0.2, 0) is 10.4 Å². The van der Waals surface area contributed by atoms with Crippen LogP contribution in [0.2, 0.25) is 0 Å². The van der Waals surface area contributed by atoms with Gasteiger partial charge < -0.3 is 9.84 Å². The van der Waals surface area contributed by atoms with Gasteiger partial charge >= 0.3 is 0 Å². The lowest BCUT2D eigenvalue weighted by atomic mass is 9.92. The Kier molecular flexibility index (Phi) is 5.18. The number of methoxy groups -OCH3 is 1. The number of benzene rings is 2. The van der Waals surface area contributed by atoms with Gasteiger partial charge in [-0.05, 0) is 18.6 Å². The molecule has 2 aromatic carbocycles. The van der Waals surface area contributed by atoms with Gasteiger partial charge in [0, 0.05) is 12.1 Å².